The van der Waals surface area contributed by atoms with Crippen LogP contribution in [-0.2, 0) is 9.22 Å². The van der Waals surface area contributed by atoms with Gasteiger partial charge in [-0.15, -0.1) is 0 Å². The van der Waals surface area contributed by atoms with Crippen LogP contribution in [0.2, 0.25) is 18.1 Å². The van der Waals surface area contributed by atoms with E-state index in [-0.39, 0.29) is 23.7 Å². The number of alkyl halides is 2. The van der Waals surface area contributed by atoms with Crippen molar-refractivity contribution in [2.45, 2.75) is 123 Å². The molecule has 29 heavy (non-hydrogen) atoms. The predicted molar refractivity (Wildman–Crippen MR) is 119 cm³/mol. The van der Waals surface area contributed by atoms with Gasteiger partial charge in [-0.2, -0.15) is 0 Å². The van der Waals surface area contributed by atoms with Gasteiger partial charge in [0.1, 0.15) is 11.4 Å². The predicted octanol–water partition coefficient (Wildman–Crippen LogP) is 7.62. The van der Waals surface area contributed by atoms with E-state index in [9.17, 15) is 4.79 Å². The Morgan fingerprint density at radius 3 is 2.31 bits per heavy atom. The Bertz CT molecular complexity index is 565. The van der Waals surface area contributed by atoms with E-state index < -0.39 is 19.8 Å². The summed E-state index contributed by atoms with van der Waals surface area (Å²) in [7, 11) is -2.10. The van der Waals surface area contributed by atoms with Crippen LogP contribution in [0, 0.1) is 23.2 Å². The maximum atomic E-state index is 15.3. The summed E-state index contributed by atoms with van der Waals surface area (Å²) >= 11 is 0. The number of hydrogen-bond donors (Lipinski definition) is 0. The number of halogens is 2. The molecule has 0 aromatic heterocycles. The second-order valence-corrected chi connectivity index (χ2v) is 15.3. The Morgan fingerprint density at radius 1 is 1.17 bits per heavy atom. The van der Waals surface area contributed by atoms with Crippen LogP contribution in [0.4, 0.5) is 8.78 Å². The molecule has 5 heteroatoms. The third-order valence-corrected chi connectivity index (χ3v) is 13.6. The van der Waals surface area contributed by atoms with E-state index in [1.165, 1.54) is 0 Å². The molecule has 0 radical (unpaired) electrons. The van der Waals surface area contributed by atoms with Crippen LogP contribution in [0.15, 0.2) is 0 Å². The number of carbonyl (C=O) groups is 1. The lowest BCUT2D eigenvalue weighted by Crippen LogP contribution is -2.53. The van der Waals surface area contributed by atoms with E-state index in [4.69, 9.17) is 4.43 Å². The zero-order valence-corrected chi connectivity index (χ0v) is 20.9. The van der Waals surface area contributed by atoms with E-state index in [2.05, 4.69) is 34.6 Å². The van der Waals surface area contributed by atoms with Gasteiger partial charge in [-0.25, -0.2) is 8.78 Å². The van der Waals surface area contributed by atoms with Gasteiger partial charge >= 0.3 is 0 Å². The van der Waals surface area contributed by atoms with E-state index >= 15 is 8.78 Å². The lowest BCUT2D eigenvalue weighted by molar-refractivity contribution is -0.159. The van der Waals surface area contributed by atoms with Gasteiger partial charge in [0, 0.05) is 18.8 Å². The van der Waals surface area contributed by atoms with E-state index in [0.29, 0.717) is 24.5 Å². The standard InChI is InChI=1S/C24H44F2O2Si/c1-8-29(9-2,10-3)28-22(5,6)24(25,26)17-15-18(4)19-13-14-20-21(27)12-11-16-23(19,20)7/h18-20H,8-17H2,1-7H3/t18?,19?,20?,23-/m1/s1. The van der Waals surface area contributed by atoms with E-state index in [0.717, 1.165) is 43.8 Å². The van der Waals surface area contributed by atoms with Crippen LogP contribution in [0.5, 0.6) is 0 Å². The summed E-state index contributed by atoms with van der Waals surface area (Å²) in [6, 6.07) is 2.64. The van der Waals surface area contributed by atoms with Crippen molar-refractivity contribution in [3.8, 4) is 0 Å². The molecule has 170 valence electrons. The van der Waals surface area contributed by atoms with Crippen LogP contribution in [-0.4, -0.2) is 25.6 Å². The average Bonchev–Trinajstić information content (AvgIpc) is 3.02. The monoisotopic (exact) mass is 430 g/mol. The van der Waals surface area contributed by atoms with Gasteiger partial charge in [0.15, 0.2) is 8.32 Å². The van der Waals surface area contributed by atoms with Gasteiger partial charge in [0.05, 0.1) is 0 Å². The highest BCUT2D eigenvalue weighted by Crippen LogP contribution is 2.57. The van der Waals surface area contributed by atoms with Gasteiger partial charge in [-0.05, 0) is 81.3 Å². The van der Waals surface area contributed by atoms with Crippen molar-refractivity contribution in [1.29, 1.82) is 0 Å². The van der Waals surface area contributed by atoms with Crippen molar-refractivity contribution in [3.63, 3.8) is 0 Å². The molecule has 0 spiro atoms. The quantitative estimate of drug-likeness (QED) is 0.333. The summed E-state index contributed by atoms with van der Waals surface area (Å²) in [5.41, 5.74) is -1.41. The molecular formula is C24H44F2O2Si. The number of rotatable bonds is 10. The molecule has 0 N–H and O–H groups in total. The summed E-state index contributed by atoms with van der Waals surface area (Å²) in [5, 5.41) is 0. The Hall–Kier alpha value is -0.293. The summed E-state index contributed by atoms with van der Waals surface area (Å²) < 4.78 is 36.9. The minimum Gasteiger partial charge on any atom is -0.406 e. The molecular weight excluding hydrogens is 386 g/mol. The zero-order chi connectivity index (χ0) is 22.1. The number of fused-ring (bicyclic) bond motifs is 1. The number of Topliss-reactive ketones (excluding diaryl/α,β-unsaturated/α-hetero) is 1. The van der Waals surface area contributed by atoms with Crippen molar-refractivity contribution in [3.05, 3.63) is 0 Å². The third-order valence-electron chi connectivity index (χ3n) is 8.82. The molecule has 2 rings (SSSR count). The first-order valence-electron chi connectivity index (χ1n) is 12.0. The topological polar surface area (TPSA) is 26.3 Å². The Labute approximate surface area is 178 Å². The molecule has 2 fully saturated rings. The van der Waals surface area contributed by atoms with Crippen LogP contribution in [0.1, 0.15) is 93.4 Å². The van der Waals surface area contributed by atoms with Crippen LogP contribution >= 0.6 is 0 Å². The van der Waals surface area contributed by atoms with Crippen LogP contribution in [0.25, 0.3) is 0 Å². The van der Waals surface area contributed by atoms with E-state index in [1.807, 2.05) is 0 Å². The molecule has 0 aliphatic heterocycles. The molecule has 2 aliphatic rings. The fourth-order valence-electron chi connectivity index (χ4n) is 6.40. The summed E-state index contributed by atoms with van der Waals surface area (Å²) in [6.07, 6.45) is 5.08. The fourth-order valence-corrected chi connectivity index (χ4v) is 9.56. The van der Waals surface area contributed by atoms with Crippen LogP contribution < -0.4 is 0 Å². The summed E-state index contributed by atoms with van der Waals surface area (Å²) in [4.78, 5) is 12.4. The van der Waals surface area contributed by atoms with Crippen molar-refractivity contribution < 1.29 is 18.0 Å². The molecule has 2 aliphatic carbocycles. The van der Waals surface area contributed by atoms with Gasteiger partial charge in [-0.1, -0.05) is 34.6 Å². The van der Waals surface area contributed by atoms with Crippen molar-refractivity contribution in [2.24, 2.45) is 23.2 Å². The number of carbonyl (C=O) groups excluding carboxylic acids is 1. The third kappa shape index (κ3) is 4.81. The SMILES string of the molecule is CC[Si](CC)(CC)OC(C)(C)C(F)(F)CCC(C)C1CCC2C(=O)CCC[C@@]21C. The molecule has 2 saturated carbocycles. The molecule has 0 saturated heterocycles. The highest BCUT2D eigenvalue weighted by Gasteiger charge is 2.54. The number of hydrogen-bond acceptors (Lipinski definition) is 2. The lowest BCUT2D eigenvalue weighted by atomic mass is 9.62. The minimum absolute atomic E-state index is 0.0186. The fraction of sp³-hybridized carbons (Fsp3) is 0.958. The Balaban J connectivity index is 2.04. The highest BCUT2D eigenvalue weighted by molar-refractivity contribution is 6.73. The smallest absolute Gasteiger partial charge is 0.274 e. The maximum Gasteiger partial charge on any atom is 0.274 e. The average molecular weight is 431 g/mol. The van der Waals surface area contributed by atoms with Gasteiger partial charge in [-0.3, -0.25) is 4.79 Å². The minimum atomic E-state index is -2.85. The first-order chi connectivity index (χ1) is 13.4. The molecule has 0 aromatic carbocycles. The second kappa shape index (κ2) is 9.06. The van der Waals surface area contributed by atoms with Gasteiger partial charge in [0.2, 0.25) is 0 Å². The second-order valence-electron chi connectivity index (χ2n) is 10.6. The highest BCUT2D eigenvalue weighted by atomic mass is 28.4. The Morgan fingerprint density at radius 2 is 1.76 bits per heavy atom. The summed E-state index contributed by atoms with van der Waals surface area (Å²) in [6.45, 7) is 13.8. The molecule has 0 amide bonds. The zero-order valence-electron chi connectivity index (χ0n) is 19.9. The van der Waals surface area contributed by atoms with Gasteiger partial charge < -0.3 is 4.43 Å². The van der Waals surface area contributed by atoms with Crippen molar-refractivity contribution >= 4 is 14.1 Å². The number of ketones is 1. The molecule has 2 nitrogen and oxygen atoms in total. The molecule has 3 unspecified atom stereocenters. The van der Waals surface area contributed by atoms with Crippen molar-refractivity contribution in [1.82, 2.24) is 0 Å². The Kier molecular flexibility index (Phi) is 7.80. The largest absolute Gasteiger partial charge is 0.406 e. The first kappa shape index (κ1) is 25.0. The lowest BCUT2D eigenvalue weighted by Gasteiger charge is -2.44. The van der Waals surface area contributed by atoms with E-state index in [1.54, 1.807) is 13.8 Å². The maximum absolute atomic E-state index is 15.3. The van der Waals surface area contributed by atoms with Crippen molar-refractivity contribution in [2.75, 3.05) is 0 Å². The van der Waals surface area contributed by atoms with Crippen LogP contribution in [0.3, 0.4) is 0 Å². The molecule has 0 heterocycles. The first-order valence-corrected chi connectivity index (χ1v) is 14.5. The molecule has 4 atom stereocenters. The molecule has 0 bridgehead atoms. The molecule has 0 aromatic rings. The summed E-state index contributed by atoms with van der Waals surface area (Å²) in [5.74, 6) is -1.68. The normalized spacial score (nSPS) is 29.8. The van der Waals surface area contributed by atoms with Gasteiger partial charge in [0.25, 0.3) is 5.92 Å².